The molecule has 2 heterocycles. The Balaban J connectivity index is 2.02. The number of hydrogen-bond acceptors (Lipinski definition) is 2. The van der Waals surface area contributed by atoms with E-state index in [1.54, 1.807) is 11.8 Å². The summed E-state index contributed by atoms with van der Waals surface area (Å²) in [5.41, 5.74) is 2.01. The number of nitrogens with one attached hydrogen (secondary N) is 1. The highest BCUT2D eigenvalue weighted by atomic mass is 32.2. The van der Waals surface area contributed by atoms with Gasteiger partial charge in [-0.05, 0) is 24.1 Å². The van der Waals surface area contributed by atoms with Crippen LogP contribution in [0, 0.1) is 0 Å². The van der Waals surface area contributed by atoms with Crippen molar-refractivity contribution in [1.29, 1.82) is 0 Å². The van der Waals surface area contributed by atoms with E-state index in [1.807, 2.05) is 37.3 Å². The Morgan fingerprint density at radius 3 is 2.42 bits per heavy atom. The topological polar surface area (TPSA) is 29.1 Å². The molecular weight excluding hydrogens is 254 g/mol. The van der Waals surface area contributed by atoms with Gasteiger partial charge in [-0.1, -0.05) is 48.5 Å². The molecule has 1 fully saturated rings. The smallest absolute Gasteiger partial charge is 0.240 e. The van der Waals surface area contributed by atoms with Gasteiger partial charge in [0.05, 0.1) is 0 Å². The number of amides is 1. The summed E-state index contributed by atoms with van der Waals surface area (Å²) in [6, 6.07) is 18.6. The lowest BCUT2D eigenvalue weighted by atomic mass is 9.67. The number of benzene rings is 2. The highest BCUT2D eigenvalue weighted by molar-refractivity contribution is 8.02. The Morgan fingerprint density at radius 1 is 1.00 bits per heavy atom. The van der Waals surface area contributed by atoms with Gasteiger partial charge in [-0.25, -0.2) is 0 Å². The third kappa shape index (κ3) is 1.12. The summed E-state index contributed by atoms with van der Waals surface area (Å²) in [6.07, 6.45) is 0. The van der Waals surface area contributed by atoms with Crippen LogP contribution in [-0.2, 0) is 10.3 Å². The molecule has 0 aromatic heterocycles. The molecule has 2 atom stereocenters. The number of hydrogen-bond donors (Lipinski definition) is 1. The molecule has 4 rings (SSSR count). The molecule has 2 unspecified atom stereocenters. The standard InChI is InChI=1S/C16H13NOS/c1-15-14(18)17-16(15,11-7-3-2-4-8-11)12-9-5-6-10-13(12)19-15/h2-10H,1H3,(H,17,18). The third-order valence-corrected chi connectivity index (χ3v) is 5.74. The Morgan fingerprint density at radius 2 is 1.68 bits per heavy atom. The molecule has 0 spiro atoms. The zero-order chi connectivity index (χ0) is 13.1. The Kier molecular flexibility index (Phi) is 2.00. The molecule has 2 aromatic rings. The van der Waals surface area contributed by atoms with E-state index in [2.05, 4.69) is 29.6 Å². The van der Waals surface area contributed by atoms with E-state index in [1.165, 1.54) is 10.5 Å². The van der Waals surface area contributed by atoms with Gasteiger partial charge in [0.2, 0.25) is 5.91 Å². The lowest BCUT2D eigenvalue weighted by molar-refractivity contribution is -0.135. The van der Waals surface area contributed by atoms with Crippen LogP contribution < -0.4 is 5.32 Å². The first-order valence-electron chi connectivity index (χ1n) is 6.35. The van der Waals surface area contributed by atoms with Gasteiger partial charge in [0, 0.05) is 4.90 Å². The van der Waals surface area contributed by atoms with Crippen LogP contribution in [0.4, 0.5) is 0 Å². The Labute approximate surface area is 116 Å². The molecule has 3 heteroatoms. The second-order valence-electron chi connectivity index (χ2n) is 5.20. The first-order valence-corrected chi connectivity index (χ1v) is 7.17. The van der Waals surface area contributed by atoms with Crippen LogP contribution in [-0.4, -0.2) is 10.7 Å². The van der Waals surface area contributed by atoms with Crippen LogP contribution >= 0.6 is 11.8 Å². The molecule has 2 aliphatic heterocycles. The fourth-order valence-corrected chi connectivity index (χ4v) is 4.73. The second kappa shape index (κ2) is 3.42. The van der Waals surface area contributed by atoms with Gasteiger partial charge in [-0.3, -0.25) is 4.79 Å². The van der Waals surface area contributed by atoms with Crippen molar-refractivity contribution in [1.82, 2.24) is 5.32 Å². The van der Waals surface area contributed by atoms with Crippen molar-refractivity contribution >= 4 is 17.7 Å². The van der Waals surface area contributed by atoms with Gasteiger partial charge in [0.25, 0.3) is 0 Å². The molecule has 0 bridgehead atoms. The van der Waals surface area contributed by atoms with Crippen LogP contribution in [0.15, 0.2) is 59.5 Å². The van der Waals surface area contributed by atoms with Gasteiger partial charge in [-0.2, -0.15) is 0 Å². The monoisotopic (exact) mass is 267 g/mol. The normalized spacial score (nSPS) is 31.1. The number of β-lactam (4-membered cyclic amide) rings is 1. The molecule has 1 saturated heterocycles. The summed E-state index contributed by atoms with van der Waals surface area (Å²) >= 11 is 1.68. The van der Waals surface area contributed by atoms with E-state index in [4.69, 9.17) is 0 Å². The maximum Gasteiger partial charge on any atom is 0.240 e. The van der Waals surface area contributed by atoms with Gasteiger partial charge in [0.15, 0.2) is 0 Å². The molecule has 2 nitrogen and oxygen atoms in total. The maximum atomic E-state index is 12.1. The van der Waals surface area contributed by atoms with E-state index in [0.29, 0.717) is 0 Å². The van der Waals surface area contributed by atoms with Crippen LogP contribution in [0.3, 0.4) is 0 Å². The summed E-state index contributed by atoms with van der Waals surface area (Å²) in [5.74, 6) is 0.123. The molecule has 0 aliphatic carbocycles. The summed E-state index contributed by atoms with van der Waals surface area (Å²) in [4.78, 5) is 13.3. The molecule has 1 N–H and O–H groups in total. The van der Waals surface area contributed by atoms with Gasteiger partial charge in [0.1, 0.15) is 10.3 Å². The number of carbonyl (C=O) groups excluding carboxylic acids is 1. The fraction of sp³-hybridized carbons (Fsp3) is 0.188. The molecule has 19 heavy (non-hydrogen) atoms. The first kappa shape index (κ1) is 11.1. The van der Waals surface area contributed by atoms with Crippen molar-refractivity contribution in [3.05, 3.63) is 65.7 Å². The zero-order valence-corrected chi connectivity index (χ0v) is 11.3. The maximum absolute atomic E-state index is 12.1. The lowest BCUT2D eigenvalue weighted by Crippen LogP contribution is -2.74. The second-order valence-corrected chi connectivity index (χ2v) is 6.66. The van der Waals surface area contributed by atoms with Gasteiger partial charge < -0.3 is 5.32 Å². The van der Waals surface area contributed by atoms with Crippen LogP contribution in [0.5, 0.6) is 0 Å². The van der Waals surface area contributed by atoms with Crippen molar-refractivity contribution in [2.75, 3.05) is 0 Å². The zero-order valence-electron chi connectivity index (χ0n) is 10.5. The summed E-state index contributed by atoms with van der Waals surface area (Å²) in [5, 5.41) is 3.17. The molecule has 94 valence electrons. The SMILES string of the molecule is CC12Sc3ccccc3C1(c1ccccc1)NC2=O. The van der Waals surface area contributed by atoms with E-state index < -0.39 is 4.75 Å². The quantitative estimate of drug-likeness (QED) is 0.805. The van der Waals surface area contributed by atoms with E-state index in [-0.39, 0.29) is 11.4 Å². The number of rotatable bonds is 1. The molecule has 0 radical (unpaired) electrons. The predicted molar refractivity (Wildman–Crippen MR) is 76.1 cm³/mol. The van der Waals surface area contributed by atoms with Crippen molar-refractivity contribution in [3.8, 4) is 0 Å². The van der Waals surface area contributed by atoms with Crippen molar-refractivity contribution in [2.24, 2.45) is 0 Å². The van der Waals surface area contributed by atoms with Crippen molar-refractivity contribution in [2.45, 2.75) is 22.1 Å². The highest BCUT2D eigenvalue weighted by Gasteiger charge is 2.69. The van der Waals surface area contributed by atoms with Crippen LogP contribution in [0.1, 0.15) is 18.1 Å². The van der Waals surface area contributed by atoms with Crippen LogP contribution in [0.2, 0.25) is 0 Å². The number of thioether (sulfide) groups is 1. The predicted octanol–water partition coefficient (Wildman–Crippen LogP) is 2.92. The minimum absolute atomic E-state index is 0.123. The summed E-state index contributed by atoms with van der Waals surface area (Å²) in [7, 11) is 0. The Bertz CT molecular complexity index is 684. The fourth-order valence-electron chi connectivity index (χ4n) is 3.24. The first-order chi connectivity index (χ1) is 9.18. The third-order valence-electron chi connectivity index (χ3n) is 4.26. The van der Waals surface area contributed by atoms with Crippen molar-refractivity contribution < 1.29 is 4.79 Å². The molecule has 1 amide bonds. The van der Waals surface area contributed by atoms with Crippen LogP contribution in [0.25, 0.3) is 0 Å². The average Bonchev–Trinajstić information content (AvgIpc) is 2.66. The van der Waals surface area contributed by atoms with Crippen molar-refractivity contribution in [3.63, 3.8) is 0 Å². The van der Waals surface area contributed by atoms with E-state index >= 15 is 0 Å². The molecule has 0 saturated carbocycles. The van der Waals surface area contributed by atoms with E-state index in [9.17, 15) is 4.79 Å². The minimum Gasteiger partial charge on any atom is -0.339 e. The largest absolute Gasteiger partial charge is 0.339 e. The van der Waals surface area contributed by atoms with Gasteiger partial charge >= 0.3 is 0 Å². The summed E-state index contributed by atoms with van der Waals surface area (Å²) < 4.78 is -0.433. The lowest BCUT2D eigenvalue weighted by Gasteiger charge is -2.52. The average molecular weight is 267 g/mol. The highest BCUT2D eigenvalue weighted by Crippen LogP contribution is 2.62. The van der Waals surface area contributed by atoms with Gasteiger partial charge in [-0.15, -0.1) is 11.8 Å². The molecule has 2 aliphatic rings. The number of carbonyl (C=O) groups is 1. The number of fused-ring (bicyclic) bond motifs is 3. The summed E-state index contributed by atoms with van der Waals surface area (Å²) in [6.45, 7) is 2.05. The molecular formula is C16H13NOS. The molecule has 2 aromatic carbocycles. The Hall–Kier alpha value is -1.74. The minimum atomic E-state index is -0.433. The van der Waals surface area contributed by atoms with E-state index in [0.717, 1.165) is 5.56 Å².